The molecule has 116 valence electrons. The summed E-state index contributed by atoms with van der Waals surface area (Å²) in [4.78, 5) is 11.2. The van der Waals surface area contributed by atoms with Gasteiger partial charge in [-0.2, -0.15) is 15.5 Å². The van der Waals surface area contributed by atoms with E-state index < -0.39 is 5.97 Å². The number of carbonyl (C=O) groups excluding carboxylic acids is 1. The van der Waals surface area contributed by atoms with Crippen molar-refractivity contribution >= 4 is 17.3 Å². The molecule has 0 unspecified atom stereocenters. The number of rotatable bonds is 6. The van der Waals surface area contributed by atoms with Crippen LogP contribution in [0.15, 0.2) is 58.8 Å². The van der Waals surface area contributed by atoms with Gasteiger partial charge in [-0.05, 0) is 55.5 Å². The lowest BCUT2D eigenvalue weighted by Crippen LogP contribution is -2.14. The van der Waals surface area contributed by atoms with E-state index in [2.05, 4.69) is 10.2 Å². The van der Waals surface area contributed by atoms with Gasteiger partial charge in [-0.15, -0.1) is 0 Å². The highest BCUT2D eigenvalue weighted by molar-refractivity contribution is 5.71. The number of nitriles is 1. The number of benzene rings is 2. The van der Waals surface area contributed by atoms with Gasteiger partial charge in [0.2, 0.25) is 0 Å². The molecule has 0 bridgehead atoms. The predicted molar refractivity (Wildman–Crippen MR) is 83.9 cm³/mol. The molecule has 6 nitrogen and oxygen atoms in total. The van der Waals surface area contributed by atoms with Gasteiger partial charge in [0, 0.05) is 0 Å². The van der Waals surface area contributed by atoms with Crippen LogP contribution in [-0.4, -0.2) is 19.2 Å². The first-order valence-corrected chi connectivity index (χ1v) is 7.01. The van der Waals surface area contributed by atoms with Crippen LogP contribution in [-0.2, 0) is 9.53 Å². The van der Waals surface area contributed by atoms with Crippen molar-refractivity contribution in [1.29, 1.82) is 5.26 Å². The summed E-state index contributed by atoms with van der Waals surface area (Å²) >= 11 is 0. The topological polar surface area (TPSA) is 84.0 Å². The molecule has 6 heteroatoms. The lowest BCUT2D eigenvalue weighted by molar-refractivity contribution is -0.145. The largest absolute Gasteiger partial charge is 0.482 e. The number of esters is 1. The summed E-state index contributed by atoms with van der Waals surface area (Å²) in [6.07, 6.45) is 0. The zero-order valence-electron chi connectivity index (χ0n) is 12.6. The summed E-state index contributed by atoms with van der Waals surface area (Å²) < 4.78 is 10.1. The zero-order chi connectivity index (χ0) is 16.5. The molecular weight excluding hydrogens is 294 g/mol. The Morgan fingerprint density at radius 3 is 2.13 bits per heavy atom. The van der Waals surface area contributed by atoms with Crippen LogP contribution in [0.5, 0.6) is 5.75 Å². The molecule has 0 aromatic heterocycles. The van der Waals surface area contributed by atoms with E-state index >= 15 is 0 Å². The molecule has 0 aliphatic carbocycles. The van der Waals surface area contributed by atoms with Crippen LogP contribution >= 0.6 is 0 Å². The number of nitrogens with zero attached hydrogens (tertiary/aromatic N) is 3. The molecule has 23 heavy (non-hydrogen) atoms. The highest BCUT2D eigenvalue weighted by atomic mass is 16.6. The minimum absolute atomic E-state index is 0.125. The molecule has 0 aliphatic heterocycles. The van der Waals surface area contributed by atoms with E-state index in [1.807, 2.05) is 6.07 Å². The van der Waals surface area contributed by atoms with Gasteiger partial charge in [-0.3, -0.25) is 0 Å². The molecule has 0 heterocycles. The van der Waals surface area contributed by atoms with Gasteiger partial charge in [0.15, 0.2) is 6.61 Å². The third-order valence-electron chi connectivity index (χ3n) is 2.78. The molecule has 0 atom stereocenters. The van der Waals surface area contributed by atoms with Gasteiger partial charge in [0.25, 0.3) is 0 Å². The highest BCUT2D eigenvalue weighted by Gasteiger charge is 2.02. The molecular formula is C17H15N3O3. The van der Waals surface area contributed by atoms with E-state index in [1.165, 1.54) is 0 Å². The van der Waals surface area contributed by atoms with Crippen molar-refractivity contribution in [1.82, 2.24) is 0 Å². The SMILES string of the molecule is CCOC(=O)COc1ccc(/N=N/c2ccc(C#N)cc2)cc1. The zero-order valence-corrected chi connectivity index (χ0v) is 12.6. The Morgan fingerprint density at radius 1 is 1.04 bits per heavy atom. The Bertz CT molecular complexity index is 716. The van der Waals surface area contributed by atoms with Gasteiger partial charge in [-0.1, -0.05) is 0 Å². The van der Waals surface area contributed by atoms with E-state index in [9.17, 15) is 4.79 Å². The number of hydrogen-bond donors (Lipinski definition) is 0. The average Bonchev–Trinajstić information content (AvgIpc) is 2.60. The van der Waals surface area contributed by atoms with Crippen molar-refractivity contribution in [2.45, 2.75) is 6.92 Å². The van der Waals surface area contributed by atoms with Gasteiger partial charge in [-0.25, -0.2) is 4.79 Å². The summed E-state index contributed by atoms with van der Waals surface area (Å²) in [5.41, 5.74) is 1.89. The average molecular weight is 309 g/mol. The third kappa shape index (κ3) is 5.25. The fraction of sp³-hybridized carbons (Fsp3) is 0.176. The standard InChI is InChI=1S/C17H15N3O3/c1-2-22-17(21)12-23-16-9-7-15(8-10-16)20-19-14-5-3-13(11-18)4-6-14/h3-10H,2,12H2,1H3/b20-19+. The maximum Gasteiger partial charge on any atom is 0.344 e. The molecule has 0 saturated carbocycles. The van der Waals surface area contributed by atoms with Crippen molar-refractivity contribution in [2.75, 3.05) is 13.2 Å². The van der Waals surface area contributed by atoms with Crippen LogP contribution in [0, 0.1) is 11.3 Å². The monoisotopic (exact) mass is 309 g/mol. The Morgan fingerprint density at radius 2 is 1.61 bits per heavy atom. The Kier molecular flexibility index (Phi) is 5.83. The van der Waals surface area contributed by atoms with Crippen LogP contribution in [0.4, 0.5) is 11.4 Å². The summed E-state index contributed by atoms with van der Waals surface area (Å²) in [5.74, 6) is 0.146. The lowest BCUT2D eigenvalue weighted by Gasteiger charge is -2.05. The van der Waals surface area contributed by atoms with E-state index in [0.29, 0.717) is 29.3 Å². The molecule has 0 fully saturated rings. The number of ether oxygens (including phenoxy) is 2. The Balaban J connectivity index is 1.92. The fourth-order valence-electron chi connectivity index (χ4n) is 1.67. The maximum absolute atomic E-state index is 11.2. The molecule has 2 aromatic carbocycles. The molecule has 0 aliphatic rings. The fourth-order valence-corrected chi connectivity index (χ4v) is 1.67. The predicted octanol–water partition coefficient (Wildman–Crippen LogP) is 3.92. The van der Waals surface area contributed by atoms with Crippen LogP contribution < -0.4 is 4.74 Å². The molecule has 2 rings (SSSR count). The molecule has 0 spiro atoms. The Labute approximate surface area is 134 Å². The number of hydrogen-bond acceptors (Lipinski definition) is 6. The van der Waals surface area contributed by atoms with Crippen molar-refractivity contribution in [3.8, 4) is 11.8 Å². The first kappa shape index (κ1) is 16.2. The first-order chi connectivity index (χ1) is 11.2. The summed E-state index contributed by atoms with van der Waals surface area (Å²) in [5, 5.41) is 16.9. The van der Waals surface area contributed by atoms with Crippen LogP contribution in [0.3, 0.4) is 0 Å². The second-order valence-electron chi connectivity index (χ2n) is 4.45. The number of carbonyl (C=O) groups is 1. The van der Waals surface area contributed by atoms with Gasteiger partial charge in [0.1, 0.15) is 5.75 Å². The maximum atomic E-state index is 11.2. The summed E-state index contributed by atoms with van der Waals surface area (Å²) in [6.45, 7) is 1.95. The molecule has 0 N–H and O–H groups in total. The van der Waals surface area contributed by atoms with E-state index in [-0.39, 0.29) is 6.61 Å². The van der Waals surface area contributed by atoms with E-state index in [4.69, 9.17) is 14.7 Å². The third-order valence-corrected chi connectivity index (χ3v) is 2.78. The quantitative estimate of drug-likeness (QED) is 0.598. The molecule has 0 saturated heterocycles. The van der Waals surface area contributed by atoms with Gasteiger partial charge >= 0.3 is 5.97 Å². The minimum atomic E-state index is -0.405. The van der Waals surface area contributed by atoms with Crippen LogP contribution in [0.2, 0.25) is 0 Å². The molecule has 0 amide bonds. The highest BCUT2D eigenvalue weighted by Crippen LogP contribution is 2.21. The second kappa shape index (κ2) is 8.29. The van der Waals surface area contributed by atoms with Crippen LogP contribution in [0.25, 0.3) is 0 Å². The van der Waals surface area contributed by atoms with Crippen molar-refractivity contribution < 1.29 is 14.3 Å². The van der Waals surface area contributed by atoms with Crippen molar-refractivity contribution in [3.05, 3.63) is 54.1 Å². The smallest absolute Gasteiger partial charge is 0.344 e. The molecule has 2 aromatic rings. The summed E-state index contributed by atoms with van der Waals surface area (Å²) in [6, 6.07) is 15.7. The first-order valence-electron chi connectivity index (χ1n) is 7.01. The van der Waals surface area contributed by atoms with Crippen molar-refractivity contribution in [2.24, 2.45) is 10.2 Å². The normalized spacial score (nSPS) is 10.3. The number of azo groups is 1. The van der Waals surface area contributed by atoms with E-state index in [0.717, 1.165) is 0 Å². The van der Waals surface area contributed by atoms with E-state index in [1.54, 1.807) is 55.5 Å². The summed E-state index contributed by atoms with van der Waals surface area (Å²) in [7, 11) is 0. The minimum Gasteiger partial charge on any atom is -0.482 e. The van der Waals surface area contributed by atoms with Gasteiger partial charge < -0.3 is 9.47 Å². The van der Waals surface area contributed by atoms with Crippen molar-refractivity contribution in [3.63, 3.8) is 0 Å². The lowest BCUT2D eigenvalue weighted by atomic mass is 10.2. The van der Waals surface area contributed by atoms with Crippen LogP contribution in [0.1, 0.15) is 12.5 Å². The second-order valence-corrected chi connectivity index (χ2v) is 4.45. The Hall–Kier alpha value is -3.20. The van der Waals surface area contributed by atoms with Gasteiger partial charge in [0.05, 0.1) is 29.6 Å². The molecule has 0 radical (unpaired) electrons.